The number of hydrogen-bond acceptors (Lipinski definition) is 6. The molecule has 6 rings (SSSR count). The molecule has 1 spiro atoms. The van der Waals surface area contributed by atoms with Crippen molar-refractivity contribution >= 4 is 28.4 Å². The first-order chi connectivity index (χ1) is 15.1. The molecular weight excluding hydrogens is 421 g/mol. The van der Waals surface area contributed by atoms with Crippen molar-refractivity contribution in [1.82, 2.24) is 9.88 Å². The Morgan fingerprint density at radius 2 is 2.13 bits per heavy atom. The summed E-state index contributed by atoms with van der Waals surface area (Å²) in [7, 11) is 0. The molecule has 31 heavy (non-hydrogen) atoms. The molecule has 0 radical (unpaired) electrons. The molecule has 0 amide bonds. The van der Waals surface area contributed by atoms with Gasteiger partial charge in [-0.3, -0.25) is 4.90 Å². The second-order valence-corrected chi connectivity index (χ2v) is 9.36. The average Bonchev–Trinajstić information content (AvgIpc) is 3.40. The summed E-state index contributed by atoms with van der Waals surface area (Å²) >= 11 is 6.09. The Kier molecular flexibility index (Phi) is 4.51. The molecule has 0 unspecified atom stereocenters. The number of anilines is 1. The number of aliphatic hydroxyl groups excluding tert-OH is 1. The Labute approximate surface area is 184 Å². The molecule has 6 nitrogen and oxygen atoms in total. The van der Waals surface area contributed by atoms with Crippen molar-refractivity contribution in [2.24, 2.45) is 11.8 Å². The fraction of sp³-hybridized carbons (Fsp3) is 0.435. The van der Waals surface area contributed by atoms with Crippen LogP contribution in [-0.2, 0) is 11.3 Å². The van der Waals surface area contributed by atoms with Crippen molar-refractivity contribution in [3.05, 3.63) is 59.2 Å². The van der Waals surface area contributed by atoms with Crippen LogP contribution < -0.4 is 4.90 Å². The summed E-state index contributed by atoms with van der Waals surface area (Å²) in [5.74, 6) is 0.856. The van der Waals surface area contributed by atoms with Crippen LogP contribution in [0.25, 0.3) is 11.0 Å². The Morgan fingerprint density at radius 3 is 3.00 bits per heavy atom. The fourth-order valence-corrected chi connectivity index (χ4v) is 6.04. The molecule has 2 bridgehead atoms. The largest absolute Gasteiger partial charge is 0.464 e. The van der Waals surface area contributed by atoms with Crippen molar-refractivity contribution in [3.63, 3.8) is 0 Å². The Morgan fingerprint density at radius 1 is 1.23 bits per heavy atom. The Balaban J connectivity index is 1.31. The van der Waals surface area contributed by atoms with Gasteiger partial charge in [0.1, 0.15) is 22.8 Å². The number of hydrogen-bond donors (Lipinski definition) is 1. The van der Waals surface area contributed by atoms with Gasteiger partial charge in [0.25, 0.3) is 0 Å². The smallest absolute Gasteiger partial charge is 0.139 e. The lowest BCUT2D eigenvalue weighted by atomic mass is 9.83. The lowest BCUT2D eigenvalue weighted by Crippen LogP contribution is -2.54. The number of pyridine rings is 1. The van der Waals surface area contributed by atoms with Crippen LogP contribution in [0.2, 0.25) is 5.02 Å². The van der Waals surface area contributed by atoms with Gasteiger partial charge in [-0.2, -0.15) is 0 Å². The Bertz CT molecular complexity index is 1140. The zero-order valence-electron chi connectivity index (χ0n) is 16.9. The SMILES string of the molecule is OC[C@H]1[C@H]2CN(Cc3cc(Cl)ccc3F)C[C@]23CN(c2nccc4occc24)C[C@H]1O3. The highest BCUT2D eigenvalue weighted by Crippen LogP contribution is 2.50. The summed E-state index contributed by atoms with van der Waals surface area (Å²) in [5, 5.41) is 11.7. The second-order valence-electron chi connectivity index (χ2n) is 8.93. The minimum absolute atomic E-state index is 0.0442. The lowest BCUT2D eigenvalue weighted by Gasteiger charge is -2.41. The maximum Gasteiger partial charge on any atom is 0.139 e. The van der Waals surface area contributed by atoms with Crippen molar-refractivity contribution < 1.29 is 18.7 Å². The van der Waals surface area contributed by atoms with E-state index in [0.717, 1.165) is 23.3 Å². The van der Waals surface area contributed by atoms with Crippen LogP contribution in [0.3, 0.4) is 0 Å². The number of nitrogens with zero attached hydrogens (tertiary/aromatic N) is 3. The number of benzene rings is 1. The molecule has 2 aromatic heterocycles. The lowest BCUT2D eigenvalue weighted by molar-refractivity contribution is -0.0647. The highest BCUT2D eigenvalue weighted by molar-refractivity contribution is 6.30. The topological polar surface area (TPSA) is 62.0 Å². The van der Waals surface area contributed by atoms with Gasteiger partial charge < -0.3 is 19.2 Å². The zero-order chi connectivity index (χ0) is 21.2. The first kappa shape index (κ1) is 19.5. The standard InChI is InChI=1S/C23H23ClFN3O3/c24-15-1-2-19(25)14(7-15)8-27-9-18-17(11-29)21-10-28(13-23(18,12-27)31-21)22-16-4-6-30-20(16)3-5-26-22/h1-7,17-18,21,29H,8-13H2/t17-,18+,21+,23-/m0/s1. The highest BCUT2D eigenvalue weighted by atomic mass is 35.5. The number of halogens is 2. The van der Waals surface area contributed by atoms with Crippen LogP contribution in [-0.4, -0.2) is 59.5 Å². The summed E-state index contributed by atoms with van der Waals surface area (Å²) in [6.07, 6.45) is 3.39. The number of morpholine rings is 1. The summed E-state index contributed by atoms with van der Waals surface area (Å²) < 4.78 is 26.4. The van der Waals surface area contributed by atoms with E-state index in [2.05, 4.69) is 14.8 Å². The minimum atomic E-state index is -0.418. The van der Waals surface area contributed by atoms with E-state index >= 15 is 0 Å². The van der Waals surface area contributed by atoms with Crippen LogP contribution in [0.5, 0.6) is 0 Å². The normalized spacial score (nSPS) is 30.3. The summed E-state index contributed by atoms with van der Waals surface area (Å²) in [6.45, 7) is 3.33. The number of furan rings is 1. The third-order valence-corrected chi connectivity index (χ3v) is 7.37. The molecule has 3 aliphatic rings. The van der Waals surface area contributed by atoms with Gasteiger partial charge in [0, 0.05) is 61.4 Å². The summed E-state index contributed by atoms with van der Waals surface area (Å²) in [5.41, 5.74) is 0.971. The van der Waals surface area contributed by atoms with Gasteiger partial charge in [-0.25, -0.2) is 9.37 Å². The molecule has 3 aliphatic heterocycles. The second kappa shape index (κ2) is 7.17. The average molecular weight is 444 g/mol. The van der Waals surface area contributed by atoms with Gasteiger partial charge in [0.15, 0.2) is 0 Å². The van der Waals surface area contributed by atoms with E-state index in [1.165, 1.54) is 6.07 Å². The predicted molar refractivity (Wildman–Crippen MR) is 115 cm³/mol. The number of fused-ring (bicyclic) bond motifs is 2. The van der Waals surface area contributed by atoms with E-state index in [1.54, 1.807) is 24.6 Å². The van der Waals surface area contributed by atoms with Crippen molar-refractivity contribution in [2.75, 3.05) is 37.7 Å². The molecule has 3 saturated heterocycles. The van der Waals surface area contributed by atoms with Crippen molar-refractivity contribution in [3.8, 4) is 0 Å². The molecule has 162 valence electrons. The first-order valence-electron chi connectivity index (χ1n) is 10.6. The van der Waals surface area contributed by atoms with E-state index in [0.29, 0.717) is 36.8 Å². The number of likely N-dealkylation sites (tertiary alicyclic amines) is 1. The number of ether oxygens (including phenoxy) is 1. The van der Waals surface area contributed by atoms with Gasteiger partial charge in [-0.1, -0.05) is 11.6 Å². The van der Waals surface area contributed by atoms with Gasteiger partial charge in [-0.15, -0.1) is 0 Å². The van der Waals surface area contributed by atoms with Crippen LogP contribution >= 0.6 is 11.6 Å². The number of aliphatic hydroxyl groups is 1. The fourth-order valence-electron chi connectivity index (χ4n) is 5.85. The van der Waals surface area contributed by atoms with Gasteiger partial charge in [0.05, 0.1) is 24.3 Å². The molecule has 5 heterocycles. The van der Waals surface area contributed by atoms with Gasteiger partial charge in [-0.05, 0) is 30.3 Å². The first-order valence-corrected chi connectivity index (χ1v) is 11.0. The van der Waals surface area contributed by atoms with Gasteiger partial charge in [0.2, 0.25) is 0 Å². The molecule has 1 aromatic carbocycles. The summed E-state index contributed by atoms with van der Waals surface area (Å²) in [6, 6.07) is 8.47. The van der Waals surface area contributed by atoms with Crippen LogP contribution in [0.1, 0.15) is 5.56 Å². The monoisotopic (exact) mass is 443 g/mol. The number of rotatable bonds is 4. The van der Waals surface area contributed by atoms with Crippen LogP contribution in [0.15, 0.2) is 47.2 Å². The molecule has 3 aromatic rings. The van der Waals surface area contributed by atoms with Crippen LogP contribution in [0, 0.1) is 17.7 Å². The maximum atomic E-state index is 14.3. The third-order valence-electron chi connectivity index (χ3n) is 7.13. The highest BCUT2D eigenvalue weighted by Gasteiger charge is 2.62. The van der Waals surface area contributed by atoms with Gasteiger partial charge >= 0.3 is 0 Å². The molecule has 3 fully saturated rings. The minimum Gasteiger partial charge on any atom is -0.464 e. The quantitative estimate of drug-likeness (QED) is 0.667. The molecule has 0 aliphatic carbocycles. The Hall–Kier alpha value is -2.19. The molecule has 4 atom stereocenters. The summed E-state index contributed by atoms with van der Waals surface area (Å²) in [4.78, 5) is 9.12. The molecular formula is C23H23ClFN3O3. The molecule has 8 heteroatoms. The molecule has 1 N–H and O–H groups in total. The molecule has 0 saturated carbocycles. The van der Waals surface area contributed by atoms with E-state index in [4.69, 9.17) is 20.8 Å². The van der Waals surface area contributed by atoms with E-state index < -0.39 is 5.60 Å². The van der Waals surface area contributed by atoms with E-state index in [-0.39, 0.29) is 30.4 Å². The third kappa shape index (κ3) is 3.06. The zero-order valence-corrected chi connectivity index (χ0v) is 17.6. The van der Waals surface area contributed by atoms with E-state index in [9.17, 15) is 9.50 Å². The maximum absolute atomic E-state index is 14.3. The van der Waals surface area contributed by atoms with Crippen molar-refractivity contribution in [2.45, 2.75) is 18.2 Å². The number of aromatic nitrogens is 1. The van der Waals surface area contributed by atoms with Crippen molar-refractivity contribution in [1.29, 1.82) is 0 Å². The van der Waals surface area contributed by atoms with E-state index in [1.807, 2.05) is 12.1 Å². The van der Waals surface area contributed by atoms with Crippen LogP contribution in [0.4, 0.5) is 10.2 Å². The predicted octanol–water partition coefficient (Wildman–Crippen LogP) is 3.32.